The third-order valence-electron chi connectivity index (χ3n) is 3.84. The normalized spacial score (nSPS) is 13.7. The molecule has 26 heavy (non-hydrogen) atoms. The number of hydrogen-bond acceptors (Lipinski definition) is 4. The molecule has 1 rings (SSSR count). The fourth-order valence-electron chi connectivity index (χ4n) is 2.57. The molecule has 0 heterocycles. The Morgan fingerprint density at radius 3 is 2.35 bits per heavy atom. The third kappa shape index (κ3) is 6.86. The molecule has 0 aromatic heterocycles. The van der Waals surface area contributed by atoms with Crippen molar-refractivity contribution in [2.45, 2.75) is 51.6 Å². The van der Waals surface area contributed by atoms with Crippen molar-refractivity contribution in [3.63, 3.8) is 0 Å². The predicted octanol–water partition coefficient (Wildman–Crippen LogP) is 4.21. The summed E-state index contributed by atoms with van der Waals surface area (Å²) in [5, 5.41) is 12.5. The van der Waals surface area contributed by atoms with E-state index < -0.39 is 28.9 Å². The van der Waals surface area contributed by atoms with E-state index in [0.29, 0.717) is 18.4 Å². The zero-order valence-corrected chi connectivity index (χ0v) is 16.6. The molecule has 0 spiro atoms. The van der Waals surface area contributed by atoms with Gasteiger partial charge in [0.25, 0.3) is 0 Å². The van der Waals surface area contributed by atoms with E-state index in [1.54, 1.807) is 32.5 Å². The Balaban J connectivity index is 3.03. The summed E-state index contributed by atoms with van der Waals surface area (Å²) in [6.07, 6.45) is 0.322. The summed E-state index contributed by atoms with van der Waals surface area (Å²) in [6.45, 7) is 7.12. The number of halogens is 1. The molecular formula is C19H28FNO4S. The number of ether oxygens (including phenoxy) is 1. The number of nitrogens with one attached hydrogen (secondary N) is 1. The van der Waals surface area contributed by atoms with Gasteiger partial charge in [-0.15, -0.1) is 0 Å². The Morgan fingerprint density at radius 1 is 1.23 bits per heavy atom. The molecule has 0 saturated carbocycles. The number of aliphatic carboxylic acids is 1. The van der Waals surface area contributed by atoms with Gasteiger partial charge in [0.1, 0.15) is 16.8 Å². The molecule has 0 fully saturated rings. The maximum Gasteiger partial charge on any atom is 0.407 e. The molecule has 0 saturated heterocycles. The second kappa shape index (κ2) is 9.80. The summed E-state index contributed by atoms with van der Waals surface area (Å²) in [5.41, 5.74) is -1.55. The van der Waals surface area contributed by atoms with Gasteiger partial charge >= 0.3 is 12.1 Å². The molecule has 1 unspecified atom stereocenters. The van der Waals surface area contributed by atoms with E-state index in [9.17, 15) is 19.1 Å². The molecule has 1 aromatic carbocycles. The molecule has 0 aliphatic rings. The van der Waals surface area contributed by atoms with Crippen molar-refractivity contribution in [2.24, 2.45) is 0 Å². The number of thioether (sulfide) groups is 1. The first kappa shape index (κ1) is 22.3. The van der Waals surface area contributed by atoms with Crippen LogP contribution in [0.3, 0.4) is 0 Å². The van der Waals surface area contributed by atoms with Gasteiger partial charge in [0.05, 0.1) is 0 Å². The van der Waals surface area contributed by atoms with E-state index in [1.165, 1.54) is 24.3 Å². The van der Waals surface area contributed by atoms with Crippen LogP contribution in [0.15, 0.2) is 24.3 Å². The fourth-order valence-corrected chi connectivity index (χ4v) is 3.20. The lowest BCUT2D eigenvalue weighted by molar-refractivity contribution is -0.144. The monoisotopic (exact) mass is 385 g/mol. The highest BCUT2D eigenvalue weighted by atomic mass is 32.2. The SMILES string of the molecule is CCSCCCC(CNC(=O)OC(C)(C)C)(C(=O)O)c1ccc(F)cc1. The Hall–Kier alpha value is -1.76. The van der Waals surface area contributed by atoms with E-state index in [-0.39, 0.29) is 6.54 Å². The average Bonchev–Trinajstić information content (AvgIpc) is 2.53. The number of carbonyl (C=O) groups is 2. The summed E-state index contributed by atoms with van der Waals surface area (Å²) in [7, 11) is 0. The van der Waals surface area contributed by atoms with Crippen molar-refractivity contribution in [3.05, 3.63) is 35.6 Å². The average molecular weight is 386 g/mol. The quantitative estimate of drug-likeness (QED) is 0.623. The molecule has 1 atom stereocenters. The highest BCUT2D eigenvalue weighted by molar-refractivity contribution is 7.99. The van der Waals surface area contributed by atoms with Gasteiger partial charge in [-0.3, -0.25) is 4.79 Å². The van der Waals surface area contributed by atoms with Crippen molar-refractivity contribution < 1.29 is 23.8 Å². The summed E-state index contributed by atoms with van der Waals surface area (Å²) < 4.78 is 18.5. The van der Waals surface area contributed by atoms with Crippen LogP contribution < -0.4 is 5.32 Å². The molecule has 1 aromatic rings. The van der Waals surface area contributed by atoms with Gasteiger partial charge in [-0.1, -0.05) is 19.1 Å². The number of benzene rings is 1. The Kier molecular flexibility index (Phi) is 8.40. The maximum atomic E-state index is 13.3. The van der Waals surface area contributed by atoms with Crippen molar-refractivity contribution >= 4 is 23.8 Å². The largest absolute Gasteiger partial charge is 0.481 e. The molecule has 0 aliphatic carbocycles. The number of alkyl carbamates (subject to hydrolysis) is 1. The first-order valence-corrected chi connectivity index (χ1v) is 9.80. The number of hydrogen-bond donors (Lipinski definition) is 2. The zero-order valence-electron chi connectivity index (χ0n) is 15.8. The van der Waals surface area contributed by atoms with Gasteiger partial charge in [0, 0.05) is 6.54 Å². The van der Waals surface area contributed by atoms with Gasteiger partial charge in [0.15, 0.2) is 0 Å². The van der Waals surface area contributed by atoms with Gasteiger partial charge in [-0.25, -0.2) is 9.18 Å². The molecule has 7 heteroatoms. The predicted molar refractivity (Wildman–Crippen MR) is 102 cm³/mol. The summed E-state index contributed by atoms with van der Waals surface area (Å²) in [5.74, 6) is 0.280. The van der Waals surface area contributed by atoms with E-state index >= 15 is 0 Å². The molecule has 2 N–H and O–H groups in total. The highest BCUT2D eigenvalue weighted by Crippen LogP contribution is 2.31. The van der Waals surface area contributed by atoms with Crippen molar-refractivity contribution in [1.29, 1.82) is 0 Å². The minimum absolute atomic E-state index is 0.125. The van der Waals surface area contributed by atoms with Crippen LogP contribution in [0.25, 0.3) is 0 Å². The molecule has 1 amide bonds. The lowest BCUT2D eigenvalue weighted by Crippen LogP contribution is -2.47. The topological polar surface area (TPSA) is 75.6 Å². The van der Waals surface area contributed by atoms with Gasteiger partial charge in [0.2, 0.25) is 0 Å². The van der Waals surface area contributed by atoms with Crippen molar-refractivity contribution in [2.75, 3.05) is 18.1 Å². The number of rotatable bonds is 9. The second-order valence-electron chi connectivity index (χ2n) is 7.05. The highest BCUT2D eigenvalue weighted by Gasteiger charge is 2.40. The zero-order chi connectivity index (χ0) is 19.8. The molecular weight excluding hydrogens is 357 g/mol. The maximum absolute atomic E-state index is 13.3. The fraction of sp³-hybridized carbons (Fsp3) is 0.579. The number of amides is 1. The third-order valence-corrected chi connectivity index (χ3v) is 4.82. The van der Waals surface area contributed by atoms with Gasteiger partial charge in [-0.2, -0.15) is 11.8 Å². The first-order chi connectivity index (χ1) is 12.1. The van der Waals surface area contributed by atoms with Gasteiger partial charge in [-0.05, 0) is 62.8 Å². The van der Waals surface area contributed by atoms with E-state index in [1.807, 2.05) is 6.92 Å². The Labute approximate surface area is 158 Å². The van der Waals surface area contributed by atoms with E-state index in [0.717, 1.165) is 11.5 Å². The van der Waals surface area contributed by atoms with Crippen molar-refractivity contribution in [3.8, 4) is 0 Å². The van der Waals surface area contributed by atoms with Crippen LogP contribution in [0.2, 0.25) is 0 Å². The van der Waals surface area contributed by atoms with Crippen LogP contribution in [0.5, 0.6) is 0 Å². The molecule has 5 nitrogen and oxygen atoms in total. The molecule has 0 aliphatic heterocycles. The molecule has 0 radical (unpaired) electrons. The lowest BCUT2D eigenvalue weighted by atomic mass is 9.76. The van der Waals surface area contributed by atoms with Crippen LogP contribution in [-0.2, 0) is 14.9 Å². The summed E-state index contributed by atoms with van der Waals surface area (Å²) in [6, 6.07) is 5.41. The van der Waals surface area contributed by atoms with Crippen molar-refractivity contribution in [1.82, 2.24) is 5.32 Å². The summed E-state index contributed by atoms with van der Waals surface area (Å²) >= 11 is 1.73. The van der Waals surface area contributed by atoms with Crippen LogP contribution in [0, 0.1) is 5.82 Å². The Morgan fingerprint density at radius 2 is 1.85 bits per heavy atom. The van der Waals surface area contributed by atoms with Gasteiger partial charge < -0.3 is 15.2 Å². The van der Waals surface area contributed by atoms with Crippen LogP contribution in [0.4, 0.5) is 9.18 Å². The smallest absolute Gasteiger partial charge is 0.407 e. The Bertz CT molecular complexity index is 601. The minimum atomic E-state index is -1.33. The molecule has 0 bridgehead atoms. The lowest BCUT2D eigenvalue weighted by Gasteiger charge is -2.31. The second-order valence-corrected chi connectivity index (χ2v) is 8.44. The minimum Gasteiger partial charge on any atom is -0.481 e. The van der Waals surface area contributed by atoms with E-state index in [2.05, 4.69) is 5.32 Å². The van der Waals surface area contributed by atoms with E-state index in [4.69, 9.17) is 4.74 Å². The number of carboxylic acid groups (broad SMARTS) is 1. The van der Waals surface area contributed by atoms with Crippen LogP contribution in [0.1, 0.15) is 46.1 Å². The first-order valence-electron chi connectivity index (χ1n) is 8.65. The number of carbonyl (C=O) groups excluding carboxylic acids is 1. The summed E-state index contributed by atoms with van der Waals surface area (Å²) in [4.78, 5) is 24.2. The van der Waals surface area contributed by atoms with Crippen LogP contribution in [-0.4, -0.2) is 40.8 Å². The molecule has 146 valence electrons. The standard InChI is InChI=1S/C19H28FNO4S/c1-5-26-12-6-11-19(16(22)23,14-7-9-15(20)10-8-14)13-21-17(24)25-18(2,3)4/h7-10H,5-6,11-13H2,1-4H3,(H,21,24)(H,22,23). The number of carboxylic acids is 1. The van der Waals surface area contributed by atoms with Crippen LogP contribution >= 0.6 is 11.8 Å².